The lowest BCUT2D eigenvalue weighted by molar-refractivity contribution is -0.0973. The van der Waals surface area contributed by atoms with Crippen molar-refractivity contribution in [3.8, 4) is 5.75 Å². The van der Waals surface area contributed by atoms with Gasteiger partial charge in [-0.1, -0.05) is 6.07 Å². The third-order valence-electron chi connectivity index (χ3n) is 4.45. The van der Waals surface area contributed by atoms with Gasteiger partial charge in [0.05, 0.1) is 31.5 Å². The standard InChI is InChI=1S/C18H26N2O4/c1-3-22-16-12-13(2)7-8-14(16)19-18(21)20-9-5-4-6-15(20)17-23-10-11-24-17/h7-8,12,15,17H,3-6,9-11H2,1-2H3,(H,19,21)/t15-/m0/s1. The number of piperidine rings is 1. The second kappa shape index (κ2) is 7.85. The first-order valence-electron chi connectivity index (χ1n) is 8.73. The van der Waals surface area contributed by atoms with E-state index in [0.29, 0.717) is 31.3 Å². The molecule has 2 fully saturated rings. The average molecular weight is 334 g/mol. The number of aryl methyl sites for hydroxylation is 1. The number of carbonyl (C=O) groups is 1. The van der Waals surface area contributed by atoms with Crippen molar-refractivity contribution in [2.24, 2.45) is 0 Å². The molecular weight excluding hydrogens is 308 g/mol. The fourth-order valence-electron chi connectivity index (χ4n) is 3.29. The first-order chi connectivity index (χ1) is 11.7. The number of hydrogen-bond donors (Lipinski definition) is 1. The minimum absolute atomic E-state index is 0.0257. The fraction of sp³-hybridized carbons (Fsp3) is 0.611. The lowest BCUT2D eigenvalue weighted by Crippen LogP contribution is -2.51. The third-order valence-corrected chi connectivity index (χ3v) is 4.45. The molecule has 1 N–H and O–H groups in total. The predicted molar refractivity (Wildman–Crippen MR) is 91.4 cm³/mol. The van der Waals surface area contributed by atoms with Crippen LogP contribution in [0, 0.1) is 6.92 Å². The van der Waals surface area contributed by atoms with Gasteiger partial charge in [-0.3, -0.25) is 0 Å². The first-order valence-corrected chi connectivity index (χ1v) is 8.73. The highest BCUT2D eigenvalue weighted by atomic mass is 16.7. The van der Waals surface area contributed by atoms with Crippen LogP contribution in [0.25, 0.3) is 0 Å². The van der Waals surface area contributed by atoms with Crippen molar-refractivity contribution in [3.05, 3.63) is 23.8 Å². The van der Waals surface area contributed by atoms with Crippen molar-refractivity contribution in [1.29, 1.82) is 0 Å². The van der Waals surface area contributed by atoms with E-state index in [-0.39, 0.29) is 18.4 Å². The van der Waals surface area contributed by atoms with Gasteiger partial charge in [-0.05, 0) is 50.8 Å². The van der Waals surface area contributed by atoms with Crippen LogP contribution < -0.4 is 10.1 Å². The van der Waals surface area contributed by atoms with E-state index >= 15 is 0 Å². The van der Waals surface area contributed by atoms with Gasteiger partial charge in [0.1, 0.15) is 5.75 Å². The quantitative estimate of drug-likeness (QED) is 0.919. The van der Waals surface area contributed by atoms with Crippen LogP contribution in [0.4, 0.5) is 10.5 Å². The molecule has 6 nitrogen and oxygen atoms in total. The summed E-state index contributed by atoms with van der Waals surface area (Å²) >= 11 is 0. The molecule has 0 radical (unpaired) electrons. The molecule has 1 aromatic carbocycles. The monoisotopic (exact) mass is 334 g/mol. The fourth-order valence-corrected chi connectivity index (χ4v) is 3.29. The van der Waals surface area contributed by atoms with Crippen molar-refractivity contribution >= 4 is 11.7 Å². The summed E-state index contributed by atoms with van der Waals surface area (Å²) in [4.78, 5) is 14.7. The van der Waals surface area contributed by atoms with Gasteiger partial charge in [0.25, 0.3) is 0 Å². The Morgan fingerprint density at radius 1 is 1.33 bits per heavy atom. The molecule has 1 atom stereocenters. The maximum absolute atomic E-state index is 12.8. The van der Waals surface area contributed by atoms with Crippen molar-refractivity contribution in [1.82, 2.24) is 4.90 Å². The van der Waals surface area contributed by atoms with Gasteiger partial charge in [0, 0.05) is 6.54 Å². The Balaban J connectivity index is 1.73. The Morgan fingerprint density at radius 3 is 2.88 bits per heavy atom. The van der Waals surface area contributed by atoms with E-state index in [9.17, 15) is 4.79 Å². The highest BCUT2D eigenvalue weighted by molar-refractivity contribution is 5.91. The zero-order chi connectivity index (χ0) is 16.9. The van der Waals surface area contributed by atoms with Crippen LogP contribution in [0.1, 0.15) is 31.7 Å². The van der Waals surface area contributed by atoms with E-state index in [1.807, 2.05) is 36.9 Å². The topological polar surface area (TPSA) is 60.0 Å². The molecular formula is C18H26N2O4. The van der Waals surface area contributed by atoms with E-state index in [0.717, 1.165) is 31.4 Å². The van der Waals surface area contributed by atoms with Gasteiger partial charge in [0.2, 0.25) is 0 Å². The van der Waals surface area contributed by atoms with Gasteiger partial charge < -0.3 is 24.4 Å². The highest BCUT2D eigenvalue weighted by Crippen LogP contribution is 2.29. The van der Waals surface area contributed by atoms with Crippen molar-refractivity contribution < 1.29 is 19.0 Å². The Hall–Kier alpha value is -1.79. The SMILES string of the molecule is CCOc1cc(C)ccc1NC(=O)N1CCCC[C@H]1C1OCCO1. The zero-order valence-corrected chi connectivity index (χ0v) is 14.4. The highest BCUT2D eigenvalue weighted by Gasteiger charge is 2.36. The molecule has 2 aliphatic heterocycles. The minimum Gasteiger partial charge on any atom is -0.492 e. The van der Waals surface area contributed by atoms with Gasteiger partial charge >= 0.3 is 6.03 Å². The zero-order valence-electron chi connectivity index (χ0n) is 14.4. The largest absolute Gasteiger partial charge is 0.492 e. The van der Waals surface area contributed by atoms with Crippen LogP contribution >= 0.6 is 0 Å². The van der Waals surface area contributed by atoms with E-state index in [1.54, 1.807) is 0 Å². The first kappa shape index (κ1) is 17.0. The number of likely N-dealkylation sites (tertiary alicyclic amines) is 1. The number of nitrogens with zero attached hydrogens (tertiary/aromatic N) is 1. The smallest absolute Gasteiger partial charge is 0.322 e. The van der Waals surface area contributed by atoms with Crippen molar-refractivity contribution in [2.45, 2.75) is 45.4 Å². The molecule has 2 saturated heterocycles. The van der Waals surface area contributed by atoms with Crippen molar-refractivity contribution in [2.75, 3.05) is 31.7 Å². The molecule has 2 aliphatic rings. The number of anilines is 1. The molecule has 2 heterocycles. The minimum atomic E-state index is -0.305. The van der Waals surface area contributed by atoms with E-state index in [4.69, 9.17) is 14.2 Å². The van der Waals surface area contributed by atoms with Gasteiger partial charge in [-0.2, -0.15) is 0 Å². The summed E-state index contributed by atoms with van der Waals surface area (Å²) in [7, 11) is 0. The van der Waals surface area contributed by atoms with Crippen LogP contribution in [0.15, 0.2) is 18.2 Å². The second-order valence-electron chi connectivity index (χ2n) is 6.23. The van der Waals surface area contributed by atoms with E-state index < -0.39 is 0 Å². The molecule has 0 aliphatic carbocycles. The summed E-state index contributed by atoms with van der Waals surface area (Å²) in [5.41, 5.74) is 1.80. The molecule has 0 spiro atoms. The molecule has 6 heteroatoms. The number of hydrogen-bond acceptors (Lipinski definition) is 4. The number of urea groups is 1. The van der Waals surface area contributed by atoms with Gasteiger partial charge in [-0.15, -0.1) is 0 Å². The summed E-state index contributed by atoms with van der Waals surface area (Å²) in [5.74, 6) is 0.702. The third kappa shape index (κ3) is 3.82. The number of carbonyl (C=O) groups excluding carboxylic acids is 1. The Morgan fingerprint density at radius 2 is 2.12 bits per heavy atom. The van der Waals surface area contributed by atoms with Crippen LogP contribution in [-0.2, 0) is 9.47 Å². The van der Waals surface area contributed by atoms with Gasteiger partial charge in [0.15, 0.2) is 6.29 Å². The molecule has 24 heavy (non-hydrogen) atoms. The normalized spacial score (nSPS) is 21.8. The number of ether oxygens (including phenoxy) is 3. The Labute approximate surface area is 143 Å². The molecule has 1 aromatic rings. The summed E-state index contributed by atoms with van der Waals surface area (Å²) < 4.78 is 16.9. The Kier molecular flexibility index (Phi) is 5.58. The molecule has 0 saturated carbocycles. The number of amides is 2. The lowest BCUT2D eigenvalue weighted by atomic mass is 10.0. The van der Waals surface area contributed by atoms with Crippen molar-refractivity contribution in [3.63, 3.8) is 0 Å². The molecule has 0 unspecified atom stereocenters. The van der Waals surface area contributed by atoms with Crippen LogP contribution in [-0.4, -0.2) is 49.6 Å². The van der Waals surface area contributed by atoms with Gasteiger partial charge in [-0.25, -0.2) is 4.79 Å². The van der Waals surface area contributed by atoms with E-state index in [1.165, 1.54) is 0 Å². The number of nitrogens with one attached hydrogen (secondary N) is 1. The molecule has 0 bridgehead atoms. The maximum atomic E-state index is 12.8. The predicted octanol–water partition coefficient (Wildman–Crippen LogP) is 3.15. The summed E-state index contributed by atoms with van der Waals surface area (Å²) in [5, 5.41) is 3.00. The van der Waals surface area contributed by atoms with Crippen LogP contribution in [0.2, 0.25) is 0 Å². The maximum Gasteiger partial charge on any atom is 0.322 e. The summed E-state index contributed by atoms with van der Waals surface area (Å²) in [6.45, 7) is 6.41. The summed E-state index contributed by atoms with van der Waals surface area (Å²) in [6.07, 6.45) is 2.69. The van der Waals surface area contributed by atoms with E-state index in [2.05, 4.69) is 5.32 Å². The number of benzene rings is 1. The Bertz CT molecular complexity index is 572. The number of rotatable bonds is 4. The average Bonchev–Trinajstić information content (AvgIpc) is 3.12. The molecule has 0 aromatic heterocycles. The second-order valence-corrected chi connectivity index (χ2v) is 6.23. The van der Waals surface area contributed by atoms with Crippen LogP contribution in [0.3, 0.4) is 0 Å². The van der Waals surface area contributed by atoms with Crippen LogP contribution in [0.5, 0.6) is 5.75 Å². The lowest BCUT2D eigenvalue weighted by Gasteiger charge is -2.37. The molecule has 132 valence electrons. The summed E-state index contributed by atoms with van der Waals surface area (Å²) in [6, 6.07) is 5.65. The molecule has 3 rings (SSSR count). The molecule has 2 amide bonds.